The minimum atomic E-state index is -0.681. The molecule has 0 radical (unpaired) electrons. The van der Waals surface area contributed by atoms with E-state index in [9.17, 15) is 14.9 Å². The average molecular weight is 265 g/mol. The van der Waals surface area contributed by atoms with Gasteiger partial charge in [0.25, 0.3) is 0 Å². The highest BCUT2D eigenvalue weighted by Gasteiger charge is 2.09. The van der Waals surface area contributed by atoms with Crippen molar-refractivity contribution in [3.8, 4) is 0 Å². The zero-order chi connectivity index (χ0) is 14.1. The second kappa shape index (κ2) is 7.99. The van der Waals surface area contributed by atoms with Crippen LogP contribution >= 0.6 is 0 Å². The van der Waals surface area contributed by atoms with Crippen LogP contribution in [-0.2, 0) is 20.9 Å². The number of ether oxygens (including phenoxy) is 2. The van der Waals surface area contributed by atoms with Crippen LogP contribution in [-0.4, -0.2) is 24.1 Å². The van der Waals surface area contributed by atoms with Gasteiger partial charge in [-0.2, -0.15) is 0 Å². The SMILES string of the molecule is C1CO1.CC(=C[N+](=O)[O-])C(=O)OCc1ccccc1. The van der Waals surface area contributed by atoms with Crippen molar-refractivity contribution in [1.82, 2.24) is 0 Å². The number of esters is 1. The third-order valence-electron chi connectivity index (χ3n) is 2.04. The van der Waals surface area contributed by atoms with Gasteiger partial charge in [0, 0.05) is 0 Å². The van der Waals surface area contributed by atoms with Gasteiger partial charge in [-0.25, -0.2) is 4.79 Å². The van der Waals surface area contributed by atoms with Crippen molar-refractivity contribution in [2.75, 3.05) is 13.2 Å². The Balaban J connectivity index is 0.000000524. The Morgan fingerprint density at radius 3 is 2.47 bits per heavy atom. The minimum absolute atomic E-state index is 0.0269. The molecule has 0 aliphatic carbocycles. The summed E-state index contributed by atoms with van der Waals surface area (Å²) in [6, 6.07) is 9.11. The van der Waals surface area contributed by atoms with Gasteiger partial charge in [0.1, 0.15) is 12.2 Å². The molecule has 0 unspecified atom stereocenters. The van der Waals surface area contributed by atoms with Crippen molar-refractivity contribution in [2.24, 2.45) is 0 Å². The highest BCUT2D eigenvalue weighted by Crippen LogP contribution is 2.04. The van der Waals surface area contributed by atoms with E-state index in [0.717, 1.165) is 18.8 Å². The van der Waals surface area contributed by atoms with Gasteiger partial charge < -0.3 is 9.47 Å². The largest absolute Gasteiger partial charge is 0.457 e. The molecule has 19 heavy (non-hydrogen) atoms. The fraction of sp³-hybridized carbons (Fsp3) is 0.308. The smallest absolute Gasteiger partial charge is 0.340 e. The minimum Gasteiger partial charge on any atom is -0.457 e. The number of rotatable bonds is 4. The number of nitro groups is 1. The van der Waals surface area contributed by atoms with Crippen LogP contribution in [0.15, 0.2) is 42.1 Å². The van der Waals surface area contributed by atoms with Crippen LogP contribution in [0.3, 0.4) is 0 Å². The fourth-order valence-electron chi connectivity index (χ4n) is 1.05. The van der Waals surface area contributed by atoms with Crippen LogP contribution in [0.4, 0.5) is 0 Å². The first-order valence-electron chi connectivity index (χ1n) is 5.70. The van der Waals surface area contributed by atoms with Crippen LogP contribution < -0.4 is 0 Å². The number of hydrogen-bond acceptors (Lipinski definition) is 5. The van der Waals surface area contributed by atoms with E-state index in [1.807, 2.05) is 18.2 Å². The van der Waals surface area contributed by atoms with Gasteiger partial charge in [0.2, 0.25) is 6.20 Å². The van der Waals surface area contributed by atoms with Crippen LogP contribution in [0, 0.1) is 10.1 Å². The normalized spacial score (nSPS) is 13.0. The fourth-order valence-corrected chi connectivity index (χ4v) is 1.05. The predicted molar refractivity (Wildman–Crippen MR) is 67.8 cm³/mol. The molecule has 0 amide bonds. The van der Waals surface area contributed by atoms with Crippen molar-refractivity contribution in [3.05, 3.63) is 57.8 Å². The van der Waals surface area contributed by atoms with E-state index < -0.39 is 10.9 Å². The van der Waals surface area contributed by atoms with Crippen LogP contribution in [0.1, 0.15) is 12.5 Å². The molecule has 1 aliphatic rings. The monoisotopic (exact) mass is 265 g/mol. The Morgan fingerprint density at radius 1 is 1.42 bits per heavy atom. The van der Waals surface area contributed by atoms with E-state index in [2.05, 4.69) is 4.74 Å². The van der Waals surface area contributed by atoms with E-state index in [1.54, 1.807) is 12.1 Å². The lowest BCUT2D eigenvalue weighted by molar-refractivity contribution is -0.403. The van der Waals surface area contributed by atoms with Crippen LogP contribution in [0.2, 0.25) is 0 Å². The van der Waals surface area contributed by atoms with Crippen LogP contribution in [0.5, 0.6) is 0 Å². The maximum absolute atomic E-state index is 11.3. The number of nitrogens with zero attached hydrogens (tertiary/aromatic N) is 1. The molecular formula is C13H15NO5. The van der Waals surface area contributed by atoms with Crippen molar-refractivity contribution < 1.29 is 19.2 Å². The molecular weight excluding hydrogens is 250 g/mol. The summed E-state index contributed by atoms with van der Waals surface area (Å²) in [5.41, 5.74) is 0.811. The van der Waals surface area contributed by atoms with Crippen molar-refractivity contribution >= 4 is 5.97 Å². The summed E-state index contributed by atoms with van der Waals surface area (Å²) in [6.45, 7) is 3.46. The third-order valence-corrected chi connectivity index (χ3v) is 2.04. The Hall–Kier alpha value is -2.21. The summed E-state index contributed by atoms with van der Waals surface area (Å²) in [5.74, 6) is -0.680. The summed E-state index contributed by atoms with van der Waals surface area (Å²) >= 11 is 0. The Morgan fingerprint density at radius 2 is 2.00 bits per heavy atom. The van der Waals surface area contributed by atoms with E-state index in [0.29, 0.717) is 6.20 Å². The molecule has 0 spiro atoms. The lowest BCUT2D eigenvalue weighted by Crippen LogP contribution is -2.07. The molecule has 6 nitrogen and oxygen atoms in total. The summed E-state index contributed by atoms with van der Waals surface area (Å²) in [4.78, 5) is 20.7. The standard InChI is InChI=1S/C11H11NO4.C2H4O/c1-9(7-12(14)15)11(13)16-8-10-5-3-2-4-6-10;1-2-3-1/h2-7H,8H2,1H3;1-2H2. The third kappa shape index (κ3) is 7.67. The van der Waals surface area contributed by atoms with E-state index in [-0.39, 0.29) is 12.2 Å². The molecule has 0 aromatic heterocycles. The van der Waals surface area contributed by atoms with Gasteiger partial charge in [-0.1, -0.05) is 30.3 Å². The first-order valence-corrected chi connectivity index (χ1v) is 5.70. The molecule has 1 heterocycles. The van der Waals surface area contributed by atoms with E-state index in [4.69, 9.17) is 4.74 Å². The number of carbonyl (C=O) groups excluding carboxylic acids is 1. The second-order valence-corrected chi connectivity index (χ2v) is 3.77. The highest BCUT2D eigenvalue weighted by atomic mass is 16.6. The topological polar surface area (TPSA) is 82.0 Å². The number of hydrogen-bond donors (Lipinski definition) is 0. The number of carbonyl (C=O) groups is 1. The summed E-state index contributed by atoms with van der Waals surface area (Å²) < 4.78 is 9.38. The van der Waals surface area contributed by atoms with Crippen LogP contribution in [0.25, 0.3) is 0 Å². The lowest BCUT2D eigenvalue weighted by Gasteiger charge is -2.03. The van der Waals surface area contributed by atoms with E-state index >= 15 is 0 Å². The maximum atomic E-state index is 11.3. The van der Waals surface area contributed by atoms with Crippen molar-refractivity contribution in [3.63, 3.8) is 0 Å². The maximum Gasteiger partial charge on any atom is 0.340 e. The Labute approximate surface area is 110 Å². The van der Waals surface area contributed by atoms with Crippen molar-refractivity contribution in [1.29, 1.82) is 0 Å². The van der Waals surface area contributed by atoms with Gasteiger partial charge in [0.15, 0.2) is 0 Å². The zero-order valence-electron chi connectivity index (χ0n) is 10.6. The molecule has 0 atom stereocenters. The average Bonchev–Trinajstić information content (AvgIpc) is 3.24. The molecule has 2 rings (SSSR count). The van der Waals surface area contributed by atoms with Gasteiger partial charge in [-0.05, 0) is 12.5 Å². The molecule has 0 saturated carbocycles. The molecule has 1 saturated heterocycles. The first kappa shape index (κ1) is 14.8. The Bertz CT molecular complexity index is 451. The van der Waals surface area contributed by atoms with E-state index in [1.165, 1.54) is 6.92 Å². The Kier molecular flexibility index (Phi) is 6.25. The molecule has 102 valence electrons. The molecule has 6 heteroatoms. The lowest BCUT2D eigenvalue weighted by atomic mass is 10.2. The highest BCUT2D eigenvalue weighted by molar-refractivity contribution is 5.87. The molecule has 0 bridgehead atoms. The molecule has 1 fully saturated rings. The van der Waals surface area contributed by atoms with Gasteiger partial charge in [-0.3, -0.25) is 10.1 Å². The summed E-state index contributed by atoms with van der Waals surface area (Å²) in [5, 5.41) is 10.1. The summed E-state index contributed by atoms with van der Waals surface area (Å²) in [7, 11) is 0. The van der Waals surface area contributed by atoms with Gasteiger partial charge in [0.05, 0.1) is 18.1 Å². The first-order chi connectivity index (χ1) is 9.09. The van der Waals surface area contributed by atoms with Crippen molar-refractivity contribution in [2.45, 2.75) is 13.5 Å². The van der Waals surface area contributed by atoms with Gasteiger partial charge >= 0.3 is 5.97 Å². The number of epoxide rings is 1. The molecule has 1 aliphatic heterocycles. The van der Waals surface area contributed by atoms with Gasteiger partial charge in [-0.15, -0.1) is 0 Å². The molecule has 0 N–H and O–H groups in total. The summed E-state index contributed by atoms with van der Waals surface area (Å²) in [6.07, 6.45) is 0.632. The molecule has 1 aromatic carbocycles. The quantitative estimate of drug-likeness (QED) is 0.273. The molecule has 1 aromatic rings. The number of benzene rings is 1. The zero-order valence-corrected chi connectivity index (χ0v) is 10.6. The second-order valence-electron chi connectivity index (χ2n) is 3.77. The predicted octanol–water partition coefficient (Wildman–Crippen LogP) is 1.93.